The summed E-state index contributed by atoms with van der Waals surface area (Å²) in [5.41, 5.74) is 0. The molecular weight excluding hydrogens is 159 g/mol. The first-order valence-electron chi connectivity index (χ1n) is 3.00. The lowest BCUT2D eigenvalue weighted by molar-refractivity contribution is 1.06. The summed E-state index contributed by atoms with van der Waals surface area (Å²) in [4.78, 5) is 0. The molecule has 0 aliphatic rings. The van der Waals surface area contributed by atoms with Crippen LogP contribution >= 0.6 is 22.2 Å². The number of halogens is 2. The van der Waals surface area contributed by atoms with Crippen LogP contribution in [0.5, 0.6) is 0 Å². The summed E-state index contributed by atoms with van der Waals surface area (Å²) in [5.74, 6) is 0. The van der Waals surface area contributed by atoms with Gasteiger partial charge >= 0.3 is 0 Å². The van der Waals surface area contributed by atoms with E-state index in [0.717, 1.165) is 18.5 Å². The second kappa shape index (κ2) is 3.75. The molecule has 0 fully saturated rings. The van der Waals surface area contributed by atoms with Gasteiger partial charge in [0.15, 0.2) is 0 Å². The van der Waals surface area contributed by atoms with Gasteiger partial charge in [-0.2, -0.15) is 0 Å². The van der Waals surface area contributed by atoms with Gasteiger partial charge in [0, 0.05) is 0 Å². The van der Waals surface area contributed by atoms with Gasteiger partial charge in [0.1, 0.15) is 0 Å². The minimum Gasteiger partial charge on any atom is -0.146 e. The van der Waals surface area contributed by atoms with Crippen molar-refractivity contribution in [2.24, 2.45) is 0 Å². The van der Waals surface area contributed by atoms with Crippen LogP contribution in [0.2, 0.25) is 12.1 Å². The predicted octanol–water partition coefficient (Wildman–Crippen LogP) is 3.34. The van der Waals surface area contributed by atoms with Gasteiger partial charge in [-0.3, -0.25) is 0 Å². The Bertz CT molecular complexity index is 63.4. The van der Waals surface area contributed by atoms with Crippen molar-refractivity contribution in [1.29, 1.82) is 0 Å². The molecule has 0 saturated heterocycles. The maximum Gasteiger partial charge on any atom is 0.251 e. The largest absolute Gasteiger partial charge is 0.251 e. The van der Waals surface area contributed by atoms with Crippen LogP contribution in [0.4, 0.5) is 0 Å². The van der Waals surface area contributed by atoms with E-state index in [-0.39, 0.29) is 0 Å². The zero-order valence-electron chi connectivity index (χ0n) is 5.38. The fourth-order valence-corrected chi connectivity index (χ4v) is 2.76. The first-order valence-corrected chi connectivity index (χ1v) is 7.44. The topological polar surface area (TPSA) is 0 Å². The van der Waals surface area contributed by atoms with Crippen molar-refractivity contribution in [3.63, 3.8) is 0 Å². The molecule has 0 aromatic heterocycles. The van der Waals surface area contributed by atoms with Crippen molar-refractivity contribution in [2.75, 3.05) is 0 Å². The van der Waals surface area contributed by atoms with Gasteiger partial charge in [-0.15, -0.1) is 22.2 Å². The third-order valence-electron chi connectivity index (χ3n) is 1.13. The second-order valence-electron chi connectivity index (χ2n) is 1.96. The predicted molar refractivity (Wildman–Crippen MR) is 43.0 cm³/mol. The zero-order valence-corrected chi connectivity index (χ0v) is 7.89. The standard InChI is InChI=1S/C5H12Cl2Si/c1-3-5-8(6,7)4-2/h3-5H2,1-2H3. The van der Waals surface area contributed by atoms with Crippen LogP contribution in [0.1, 0.15) is 20.3 Å². The van der Waals surface area contributed by atoms with E-state index in [1.54, 1.807) is 0 Å². The van der Waals surface area contributed by atoms with Gasteiger partial charge in [-0.1, -0.05) is 20.3 Å². The van der Waals surface area contributed by atoms with Crippen LogP contribution in [0.3, 0.4) is 0 Å². The Kier molecular flexibility index (Phi) is 4.13. The molecule has 0 aliphatic heterocycles. The zero-order chi connectivity index (χ0) is 6.62. The van der Waals surface area contributed by atoms with E-state index in [9.17, 15) is 0 Å². The highest BCUT2D eigenvalue weighted by atomic mass is 35.7. The molecule has 0 N–H and O–H groups in total. The number of hydrogen-bond donors (Lipinski definition) is 0. The van der Waals surface area contributed by atoms with Crippen molar-refractivity contribution in [1.82, 2.24) is 0 Å². The molecule has 0 radical (unpaired) electrons. The van der Waals surface area contributed by atoms with Crippen LogP contribution in [0.25, 0.3) is 0 Å². The molecule has 0 bridgehead atoms. The molecule has 0 atom stereocenters. The Labute approximate surface area is 61.6 Å². The molecule has 0 aromatic carbocycles. The molecule has 0 rings (SSSR count). The minimum atomic E-state index is -1.73. The molecule has 0 saturated carbocycles. The van der Waals surface area contributed by atoms with Crippen LogP contribution in [0, 0.1) is 0 Å². The third kappa shape index (κ3) is 3.76. The third-order valence-corrected chi connectivity index (χ3v) is 6.14. The Hall–Kier alpha value is 0.797. The fourth-order valence-electron chi connectivity index (χ4n) is 0.543. The SMILES string of the molecule is CCC[Si](Cl)(Cl)CC. The highest BCUT2D eigenvalue weighted by molar-refractivity contribution is 7.45. The quantitative estimate of drug-likeness (QED) is 0.451. The van der Waals surface area contributed by atoms with Crippen molar-refractivity contribution in [3.8, 4) is 0 Å². The fraction of sp³-hybridized carbons (Fsp3) is 1.00. The normalized spacial score (nSPS) is 12.0. The van der Waals surface area contributed by atoms with Crippen molar-refractivity contribution >= 4 is 28.9 Å². The average molecular weight is 171 g/mol. The van der Waals surface area contributed by atoms with E-state index in [0.29, 0.717) is 0 Å². The van der Waals surface area contributed by atoms with E-state index < -0.39 is 6.69 Å². The van der Waals surface area contributed by atoms with E-state index >= 15 is 0 Å². The van der Waals surface area contributed by atoms with Crippen molar-refractivity contribution in [3.05, 3.63) is 0 Å². The van der Waals surface area contributed by atoms with Gasteiger partial charge in [-0.05, 0) is 12.1 Å². The summed E-state index contributed by atoms with van der Waals surface area (Å²) in [7, 11) is 0. The summed E-state index contributed by atoms with van der Waals surface area (Å²) in [6.45, 7) is 2.44. The highest BCUT2D eigenvalue weighted by Gasteiger charge is 2.23. The summed E-state index contributed by atoms with van der Waals surface area (Å²) >= 11 is 11.9. The molecule has 0 aliphatic carbocycles. The lowest BCUT2D eigenvalue weighted by Crippen LogP contribution is -2.15. The Morgan fingerprint density at radius 3 is 1.88 bits per heavy atom. The molecule has 0 spiro atoms. The van der Waals surface area contributed by atoms with E-state index in [1.807, 2.05) is 0 Å². The summed E-state index contributed by atoms with van der Waals surface area (Å²) in [5, 5.41) is 0. The van der Waals surface area contributed by atoms with Crippen LogP contribution in [-0.4, -0.2) is 6.69 Å². The Morgan fingerprint density at radius 1 is 1.25 bits per heavy atom. The number of hydrogen-bond acceptors (Lipinski definition) is 0. The van der Waals surface area contributed by atoms with Crippen LogP contribution in [-0.2, 0) is 0 Å². The monoisotopic (exact) mass is 170 g/mol. The molecule has 0 aromatic rings. The molecule has 0 nitrogen and oxygen atoms in total. The first kappa shape index (κ1) is 8.80. The van der Waals surface area contributed by atoms with Crippen molar-refractivity contribution in [2.45, 2.75) is 32.4 Å². The Balaban J connectivity index is 3.37. The molecule has 8 heavy (non-hydrogen) atoms. The summed E-state index contributed by atoms with van der Waals surface area (Å²) in [6.07, 6.45) is 1.12. The van der Waals surface area contributed by atoms with Gasteiger partial charge < -0.3 is 0 Å². The second-order valence-corrected chi connectivity index (χ2v) is 9.80. The number of rotatable bonds is 3. The van der Waals surface area contributed by atoms with E-state index in [1.165, 1.54) is 0 Å². The minimum absolute atomic E-state index is 0.976. The molecule has 50 valence electrons. The highest BCUT2D eigenvalue weighted by Crippen LogP contribution is 2.25. The molecule has 3 heteroatoms. The molecule has 0 unspecified atom stereocenters. The van der Waals surface area contributed by atoms with Crippen LogP contribution in [0.15, 0.2) is 0 Å². The van der Waals surface area contributed by atoms with Gasteiger partial charge in [-0.25, -0.2) is 0 Å². The van der Waals surface area contributed by atoms with E-state index in [4.69, 9.17) is 22.2 Å². The van der Waals surface area contributed by atoms with Gasteiger partial charge in [0.05, 0.1) is 0 Å². The van der Waals surface area contributed by atoms with Gasteiger partial charge in [0.2, 0.25) is 0 Å². The lowest BCUT2D eigenvalue weighted by atomic mass is 10.6. The first-order chi connectivity index (χ1) is 3.62. The molecule has 0 amide bonds. The smallest absolute Gasteiger partial charge is 0.146 e. The van der Waals surface area contributed by atoms with Gasteiger partial charge in [0.25, 0.3) is 6.69 Å². The lowest BCUT2D eigenvalue weighted by Gasteiger charge is -2.10. The summed E-state index contributed by atoms with van der Waals surface area (Å²) < 4.78 is 0. The van der Waals surface area contributed by atoms with Crippen LogP contribution < -0.4 is 0 Å². The summed E-state index contributed by atoms with van der Waals surface area (Å²) in [6, 6.07) is 2.01. The Morgan fingerprint density at radius 2 is 1.75 bits per heavy atom. The van der Waals surface area contributed by atoms with E-state index in [2.05, 4.69) is 13.8 Å². The average Bonchev–Trinajstić information content (AvgIpc) is 1.67. The van der Waals surface area contributed by atoms with Crippen molar-refractivity contribution < 1.29 is 0 Å². The maximum absolute atomic E-state index is 5.93. The molecular formula is C5H12Cl2Si. The maximum atomic E-state index is 5.93. The molecule has 0 heterocycles.